The molecule has 0 atom stereocenters. The molecule has 0 spiro atoms. The van der Waals surface area contributed by atoms with Crippen LogP contribution in [0.3, 0.4) is 0 Å². The maximum atomic E-state index is 12.9. The van der Waals surface area contributed by atoms with Gasteiger partial charge in [0.25, 0.3) is 0 Å². The van der Waals surface area contributed by atoms with Gasteiger partial charge in [0.15, 0.2) is 10.1 Å². The number of hydrogen-bond donors (Lipinski definition) is 1. The Labute approximate surface area is 183 Å². The molecule has 0 fully saturated rings. The first-order valence-corrected chi connectivity index (χ1v) is 11.3. The smallest absolute Gasteiger partial charge is 0.234 e. The Hall–Kier alpha value is -2.15. The zero-order valence-corrected chi connectivity index (χ0v) is 18.8. The summed E-state index contributed by atoms with van der Waals surface area (Å²) in [7, 11) is 0. The fraction of sp³-hybridized carbons (Fsp3) is 0.227. The highest BCUT2D eigenvalue weighted by atomic mass is 35.5. The van der Waals surface area contributed by atoms with E-state index in [1.807, 2.05) is 11.4 Å². The Morgan fingerprint density at radius 2 is 1.86 bits per heavy atom. The molecule has 4 nitrogen and oxygen atoms in total. The summed E-state index contributed by atoms with van der Waals surface area (Å²) in [5.74, 6) is -0.184. The summed E-state index contributed by atoms with van der Waals surface area (Å²) >= 11 is 9.00. The standard InChI is InChI=1S/C22H21ClN2O2S2/c1-22(2,3)18-12-28-21(25-18)29-13-19(26)24-17-10-9-15(23)11-16(17)20(27)14-7-5-4-6-8-14/h4-12H,13H2,1-3H3,(H,24,26). The van der Waals surface area contributed by atoms with Crippen molar-refractivity contribution in [1.82, 2.24) is 4.98 Å². The van der Waals surface area contributed by atoms with Gasteiger partial charge in [0.05, 0.1) is 17.1 Å². The average Bonchev–Trinajstić information content (AvgIpc) is 3.17. The Morgan fingerprint density at radius 1 is 1.14 bits per heavy atom. The zero-order valence-electron chi connectivity index (χ0n) is 16.4. The SMILES string of the molecule is CC(C)(C)c1csc(SCC(=O)Nc2ccc(Cl)cc2C(=O)c2ccccc2)n1. The van der Waals surface area contributed by atoms with Crippen LogP contribution in [0.2, 0.25) is 5.02 Å². The summed E-state index contributed by atoms with van der Waals surface area (Å²) < 4.78 is 0.849. The predicted octanol–water partition coefficient (Wildman–Crippen LogP) is 6.06. The first-order valence-electron chi connectivity index (χ1n) is 9.02. The number of amides is 1. The summed E-state index contributed by atoms with van der Waals surface area (Å²) in [4.78, 5) is 29.9. The summed E-state index contributed by atoms with van der Waals surface area (Å²) in [6, 6.07) is 13.8. The van der Waals surface area contributed by atoms with Crippen LogP contribution in [0.15, 0.2) is 58.3 Å². The van der Waals surface area contributed by atoms with Gasteiger partial charge in [-0.05, 0) is 18.2 Å². The Kier molecular flexibility index (Phi) is 6.77. The van der Waals surface area contributed by atoms with E-state index in [0.717, 1.165) is 10.0 Å². The number of ketones is 1. The van der Waals surface area contributed by atoms with Crippen molar-refractivity contribution in [2.75, 3.05) is 11.1 Å². The predicted molar refractivity (Wildman–Crippen MR) is 121 cm³/mol. The number of thioether (sulfide) groups is 1. The highest BCUT2D eigenvalue weighted by Gasteiger charge is 2.19. The Morgan fingerprint density at radius 3 is 2.52 bits per heavy atom. The molecule has 1 N–H and O–H groups in total. The number of nitrogens with one attached hydrogen (secondary N) is 1. The molecule has 0 aliphatic carbocycles. The molecule has 1 heterocycles. The van der Waals surface area contributed by atoms with Gasteiger partial charge in [-0.25, -0.2) is 4.98 Å². The summed E-state index contributed by atoms with van der Waals surface area (Å²) in [5, 5.41) is 5.30. The third-order valence-corrected chi connectivity index (χ3v) is 6.37. The maximum Gasteiger partial charge on any atom is 0.234 e. The largest absolute Gasteiger partial charge is 0.325 e. The Bertz CT molecular complexity index is 1030. The van der Waals surface area contributed by atoms with Gasteiger partial charge in [-0.1, -0.05) is 74.5 Å². The third-order valence-electron chi connectivity index (χ3n) is 4.11. The number of aromatic nitrogens is 1. The molecule has 0 aliphatic heterocycles. The molecule has 1 aromatic heterocycles. The quantitative estimate of drug-likeness (QED) is 0.371. The van der Waals surface area contributed by atoms with E-state index in [4.69, 9.17) is 11.6 Å². The second-order valence-corrected chi connectivity index (χ2v) is 9.99. The van der Waals surface area contributed by atoms with Crippen LogP contribution in [-0.4, -0.2) is 22.4 Å². The van der Waals surface area contributed by atoms with Crippen molar-refractivity contribution in [2.45, 2.75) is 30.5 Å². The van der Waals surface area contributed by atoms with Crippen molar-refractivity contribution in [3.63, 3.8) is 0 Å². The highest BCUT2D eigenvalue weighted by Crippen LogP contribution is 2.29. The molecule has 0 saturated carbocycles. The van der Waals surface area contributed by atoms with Crippen molar-refractivity contribution in [3.8, 4) is 0 Å². The van der Waals surface area contributed by atoms with Crippen molar-refractivity contribution >= 4 is 52.1 Å². The van der Waals surface area contributed by atoms with Crippen LogP contribution >= 0.6 is 34.7 Å². The van der Waals surface area contributed by atoms with Gasteiger partial charge in [-0.2, -0.15) is 0 Å². The maximum absolute atomic E-state index is 12.9. The molecule has 29 heavy (non-hydrogen) atoms. The van der Waals surface area contributed by atoms with E-state index in [1.165, 1.54) is 23.1 Å². The van der Waals surface area contributed by atoms with Gasteiger partial charge in [-0.3, -0.25) is 9.59 Å². The summed E-state index contributed by atoms with van der Waals surface area (Å²) in [5.41, 5.74) is 2.35. The molecule has 3 aromatic rings. The minimum atomic E-state index is -0.202. The zero-order chi connectivity index (χ0) is 21.0. The number of anilines is 1. The number of rotatable bonds is 6. The van der Waals surface area contributed by atoms with Crippen LogP contribution in [-0.2, 0) is 10.2 Å². The molecular weight excluding hydrogens is 424 g/mol. The number of carbonyl (C=O) groups is 2. The lowest BCUT2D eigenvalue weighted by molar-refractivity contribution is -0.113. The summed E-state index contributed by atoms with van der Waals surface area (Å²) in [6.07, 6.45) is 0. The third kappa shape index (κ3) is 5.69. The van der Waals surface area contributed by atoms with Gasteiger partial charge in [0, 0.05) is 26.9 Å². The molecular formula is C22H21ClN2O2S2. The molecule has 1 amide bonds. The van der Waals surface area contributed by atoms with Crippen molar-refractivity contribution in [3.05, 3.63) is 75.8 Å². The molecule has 0 aliphatic rings. The second-order valence-electron chi connectivity index (χ2n) is 7.47. The van der Waals surface area contributed by atoms with E-state index in [9.17, 15) is 9.59 Å². The van der Waals surface area contributed by atoms with E-state index in [-0.39, 0.29) is 22.9 Å². The topological polar surface area (TPSA) is 59.1 Å². The minimum Gasteiger partial charge on any atom is -0.325 e. The number of nitrogens with zero attached hydrogens (tertiary/aromatic N) is 1. The van der Waals surface area contributed by atoms with Crippen LogP contribution in [0, 0.1) is 0 Å². The van der Waals surface area contributed by atoms with E-state index in [0.29, 0.717) is 21.8 Å². The molecule has 7 heteroatoms. The normalized spacial score (nSPS) is 11.3. The van der Waals surface area contributed by atoms with Gasteiger partial charge in [-0.15, -0.1) is 11.3 Å². The van der Waals surface area contributed by atoms with Crippen molar-refractivity contribution in [2.24, 2.45) is 0 Å². The fourth-order valence-electron chi connectivity index (χ4n) is 2.54. The van der Waals surface area contributed by atoms with E-state index < -0.39 is 0 Å². The fourth-order valence-corrected chi connectivity index (χ4v) is 4.56. The number of carbonyl (C=O) groups excluding carboxylic acids is 2. The van der Waals surface area contributed by atoms with Crippen LogP contribution in [0.5, 0.6) is 0 Å². The van der Waals surface area contributed by atoms with Crippen LogP contribution in [0.25, 0.3) is 0 Å². The first-order chi connectivity index (χ1) is 13.7. The second kappa shape index (κ2) is 9.11. The van der Waals surface area contributed by atoms with Gasteiger partial charge >= 0.3 is 0 Å². The number of benzene rings is 2. The molecule has 2 aromatic carbocycles. The molecule has 0 bridgehead atoms. The van der Waals surface area contributed by atoms with Crippen LogP contribution in [0.4, 0.5) is 5.69 Å². The lowest BCUT2D eigenvalue weighted by atomic mass is 9.93. The van der Waals surface area contributed by atoms with E-state index in [2.05, 4.69) is 31.1 Å². The van der Waals surface area contributed by atoms with Crippen molar-refractivity contribution in [1.29, 1.82) is 0 Å². The van der Waals surface area contributed by atoms with Crippen LogP contribution < -0.4 is 5.32 Å². The van der Waals surface area contributed by atoms with E-state index >= 15 is 0 Å². The first kappa shape index (κ1) is 21.6. The molecule has 150 valence electrons. The lowest BCUT2D eigenvalue weighted by Gasteiger charge is -2.14. The molecule has 0 unspecified atom stereocenters. The number of hydrogen-bond acceptors (Lipinski definition) is 5. The average molecular weight is 445 g/mol. The summed E-state index contributed by atoms with van der Waals surface area (Å²) in [6.45, 7) is 6.32. The van der Waals surface area contributed by atoms with Gasteiger partial charge in [0.2, 0.25) is 5.91 Å². The minimum absolute atomic E-state index is 0.0203. The van der Waals surface area contributed by atoms with E-state index in [1.54, 1.807) is 42.5 Å². The number of halogens is 1. The van der Waals surface area contributed by atoms with Gasteiger partial charge in [0.1, 0.15) is 0 Å². The molecule has 0 radical (unpaired) electrons. The Balaban J connectivity index is 1.70. The van der Waals surface area contributed by atoms with Crippen LogP contribution in [0.1, 0.15) is 42.4 Å². The molecule has 0 saturated heterocycles. The molecule has 3 rings (SSSR count). The van der Waals surface area contributed by atoms with Crippen molar-refractivity contribution < 1.29 is 9.59 Å². The monoisotopic (exact) mass is 444 g/mol. The number of thiazole rings is 1. The highest BCUT2D eigenvalue weighted by molar-refractivity contribution is 8.01. The lowest BCUT2D eigenvalue weighted by Crippen LogP contribution is -2.17. The van der Waals surface area contributed by atoms with Gasteiger partial charge < -0.3 is 5.32 Å².